The fraction of sp³-hybridized carbons (Fsp3) is 0.429. The van der Waals surface area contributed by atoms with E-state index in [1.54, 1.807) is 0 Å². The van der Waals surface area contributed by atoms with E-state index in [1.165, 1.54) is 5.56 Å². The van der Waals surface area contributed by atoms with Crippen LogP contribution < -0.4 is 5.32 Å². The second-order valence-electron chi connectivity index (χ2n) is 3.80. The number of hydrogen-bond donors (Lipinski definition) is 1. The third-order valence-electron chi connectivity index (χ3n) is 2.46. The highest BCUT2D eigenvalue weighted by Gasteiger charge is 2.12. The number of nitrogens with one attached hydrogen (secondary N) is 1. The molecule has 0 aliphatic heterocycles. The van der Waals surface area contributed by atoms with Crippen LogP contribution in [0.25, 0.3) is 0 Å². The molecule has 0 heterocycles. The summed E-state index contributed by atoms with van der Waals surface area (Å²) in [6.07, 6.45) is 1.93. The molecular formula is C14H17BrClN. The minimum Gasteiger partial charge on any atom is -0.309 e. The van der Waals surface area contributed by atoms with Crippen LogP contribution in [0, 0.1) is 11.8 Å². The van der Waals surface area contributed by atoms with Crippen LogP contribution >= 0.6 is 27.5 Å². The summed E-state index contributed by atoms with van der Waals surface area (Å²) in [4.78, 5) is 0. The van der Waals surface area contributed by atoms with Gasteiger partial charge in [0.2, 0.25) is 0 Å². The summed E-state index contributed by atoms with van der Waals surface area (Å²) in [5, 5.41) is 4.25. The van der Waals surface area contributed by atoms with Crippen LogP contribution in [-0.4, -0.2) is 6.54 Å². The van der Waals surface area contributed by atoms with Crippen LogP contribution in [0.1, 0.15) is 38.3 Å². The monoisotopic (exact) mass is 313 g/mol. The molecule has 1 aromatic carbocycles. The van der Waals surface area contributed by atoms with Crippen LogP contribution in [0.3, 0.4) is 0 Å². The number of benzene rings is 1. The summed E-state index contributed by atoms with van der Waals surface area (Å²) in [5.74, 6) is 6.08. The van der Waals surface area contributed by atoms with Crippen molar-refractivity contribution in [3.63, 3.8) is 0 Å². The van der Waals surface area contributed by atoms with Gasteiger partial charge in [0.25, 0.3) is 0 Å². The van der Waals surface area contributed by atoms with Crippen molar-refractivity contribution in [1.82, 2.24) is 5.32 Å². The summed E-state index contributed by atoms with van der Waals surface area (Å²) >= 11 is 9.51. The lowest BCUT2D eigenvalue weighted by atomic mass is 10.0. The average Bonchev–Trinajstić information content (AvgIpc) is 2.30. The number of hydrogen-bond acceptors (Lipinski definition) is 1. The van der Waals surface area contributed by atoms with Gasteiger partial charge in [-0.05, 0) is 37.6 Å². The predicted octanol–water partition coefficient (Wildman–Crippen LogP) is 4.56. The van der Waals surface area contributed by atoms with E-state index in [9.17, 15) is 0 Å². The smallest absolute Gasteiger partial charge is 0.0442 e. The Hall–Kier alpha value is -0.490. The van der Waals surface area contributed by atoms with Crippen LogP contribution in [0.4, 0.5) is 0 Å². The summed E-state index contributed by atoms with van der Waals surface area (Å²) in [6, 6.07) is 6.16. The van der Waals surface area contributed by atoms with Crippen LogP contribution in [0.2, 0.25) is 5.02 Å². The molecular weight excluding hydrogens is 298 g/mol. The van der Waals surface area contributed by atoms with Gasteiger partial charge in [-0.2, -0.15) is 0 Å². The van der Waals surface area contributed by atoms with Gasteiger partial charge < -0.3 is 5.32 Å². The molecule has 0 aliphatic carbocycles. The molecule has 0 saturated heterocycles. The first-order valence-corrected chi connectivity index (χ1v) is 6.94. The fourth-order valence-corrected chi connectivity index (χ4v) is 2.56. The van der Waals surface area contributed by atoms with E-state index in [0.29, 0.717) is 0 Å². The van der Waals surface area contributed by atoms with Gasteiger partial charge in [0, 0.05) is 22.0 Å². The van der Waals surface area contributed by atoms with Crippen molar-refractivity contribution in [1.29, 1.82) is 0 Å². The van der Waals surface area contributed by atoms with Crippen molar-refractivity contribution in [3.05, 3.63) is 33.3 Å². The Balaban J connectivity index is 2.89. The Morgan fingerprint density at radius 1 is 1.47 bits per heavy atom. The van der Waals surface area contributed by atoms with E-state index in [2.05, 4.69) is 46.1 Å². The van der Waals surface area contributed by atoms with Gasteiger partial charge in [-0.3, -0.25) is 0 Å². The summed E-state index contributed by atoms with van der Waals surface area (Å²) < 4.78 is 1.04. The highest BCUT2D eigenvalue weighted by atomic mass is 79.9. The SMILES string of the molecule is CC#CCC(NCCC)c1ccc(Cl)cc1Br. The Bertz CT molecular complexity index is 420. The maximum absolute atomic E-state index is 5.95. The first kappa shape index (κ1) is 14.6. The second-order valence-corrected chi connectivity index (χ2v) is 5.09. The van der Waals surface area contributed by atoms with Crippen LogP contribution in [0.15, 0.2) is 22.7 Å². The molecule has 3 heteroatoms. The Morgan fingerprint density at radius 3 is 2.82 bits per heavy atom. The average molecular weight is 315 g/mol. The zero-order chi connectivity index (χ0) is 12.7. The Morgan fingerprint density at radius 2 is 2.24 bits per heavy atom. The third kappa shape index (κ3) is 4.71. The third-order valence-corrected chi connectivity index (χ3v) is 3.38. The van der Waals surface area contributed by atoms with E-state index >= 15 is 0 Å². The van der Waals surface area contributed by atoms with E-state index in [1.807, 2.05) is 19.1 Å². The molecule has 1 rings (SSSR count). The van der Waals surface area contributed by atoms with Crippen LogP contribution in [-0.2, 0) is 0 Å². The minimum absolute atomic E-state index is 0.258. The first-order chi connectivity index (χ1) is 8.19. The summed E-state index contributed by atoms with van der Waals surface area (Å²) in [5.41, 5.74) is 1.21. The molecule has 1 unspecified atom stereocenters. The Labute approximate surface area is 117 Å². The molecule has 0 aromatic heterocycles. The fourth-order valence-electron chi connectivity index (χ4n) is 1.60. The molecule has 0 saturated carbocycles. The molecule has 0 bridgehead atoms. The quantitative estimate of drug-likeness (QED) is 0.786. The van der Waals surface area contributed by atoms with Crippen molar-refractivity contribution in [2.75, 3.05) is 6.54 Å². The topological polar surface area (TPSA) is 12.0 Å². The molecule has 0 amide bonds. The standard InChI is InChI=1S/C14H17BrClN/c1-3-5-6-14(17-9-4-2)12-8-7-11(16)10-13(12)15/h7-8,10,14,17H,4,6,9H2,1-2H3. The number of halogens is 2. The molecule has 0 spiro atoms. The zero-order valence-corrected chi connectivity index (χ0v) is 12.5. The molecule has 0 radical (unpaired) electrons. The molecule has 0 aliphatic rings. The van der Waals surface area contributed by atoms with Gasteiger partial charge >= 0.3 is 0 Å². The normalized spacial score (nSPS) is 11.8. The van der Waals surface area contributed by atoms with Crippen molar-refractivity contribution >= 4 is 27.5 Å². The lowest BCUT2D eigenvalue weighted by molar-refractivity contribution is 0.541. The highest BCUT2D eigenvalue weighted by Crippen LogP contribution is 2.28. The minimum atomic E-state index is 0.258. The number of rotatable bonds is 5. The zero-order valence-electron chi connectivity index (χ0n) is 10.2. The Kier molecular flexibility index (Phi) is 6.65. The maximum atomic E-state index is 5.95. The molecule has 1 N–H and O–H groups in total. The van der Waals surface area contributed by atoms with Crippen molar-refractivity contribution in [2.24, 2.45) is 0 Å². The molecule has 17 heavy (non-hydrogen) atoms. The highest BCUT2D eigenvalue weighted by molar-refractivity contribution is 9.10. The first-order valence-electron chi connectivity index (χ1n) is 5.77. The van der Waals surface area contributed by atoms with Gasteiger partial charge in [-0.25, -0.2) is 0 Å². The maximum Gasteiger partial charge on any atom is 0.0442 e. The van der Waals surface area contributed by atoms with E-state index in [-0.39, 0.29) is 6.04 Å². The van der Waals surface area contributed by atoms with E-state index < -0.39 is 0 Å². The van der Waals surface area contributed by atoms with Gasteiger partial charge in [0.15, 0.2) is 0 Å². The summed E-state index contributed by atoms with van der Waals surface area (Å²) in [6.45, 7) is 5.02. The van der Waals surface area contributed by atoms with Gasteiger partial charge in [0.1, 0.15) is 0 Å². The largest absolute Gasteiger partial charge is 0.309 e. The molecule has 1 aromatic rings. The van der Waals surface area contributed by atoms with E-state index in [4.69, 9.17) is 11.6 Å². The second kappa shape index (κ2) is 7.76. The van der Waals surface area contributed by atoms with Gasteiger partial charge in [-0.1, -0.05) is 40.5 Å². The van der Waals surface area contributed by atoms with Gasteiger partial charge in [-0.15, -0.1) is 11.8 Å². The predicted molar refractivity (Wildman–Crippen MR) is 78.3 cm³/mol. The molecule has 1 nitrogen and oxygen atoms in total. The molecule has 92 valence electrons. The summed E-state index contributed by atoms with van der Waals surface area (Å²) in [7, 11) is 0. The van der Waals surface area contributed by atoms with Crippen molar-refractivity contribution < 1.29 is 0 Å². The lowest BCUT2D eigenvalue weighted by Crippen LogP contribution is -2.22. The van der Waals surface area contributed by atoms with Crippen LogP contribution in [0.5, 0.6) is 0 Å². The van der Waals surface area contributed by atoms with Crippen molar-refractivity contribution in [2.45, 2.75) is 32.7 Å². The lowest BCUT2D eigenvalue weighted by Gasteiger charge is -2.18. The van der Waals surface area contributed by atoms with Crippen molar-refractivity contribution in [3.8, 4) is 11.8 Å². The van der Waals surface area contributed by atoms with E-state index in [0.717, 1.165) is 28.9 Å². The van der Waals surface area contributed by atoms with Gasteiger partial charge in [0.05, 0.1) is 0 Å². The molecule has 0 fully saturated rings. The molecule has 1 atom stereocenters.